The van der Waals surface area contributed by atoms with Crippen LogP contribution in [0.3, 0.4) is 0 Å². The van der Waals surface area contributed by atoms with Crippen LogP contribution >= 0.6 is 0 Å². The van der Waals surface area contributed by atoms with Crippen molar-refractivity contribution in [3.8, 4) is 0 Å². The smallest absolute Gasteiger partial charge is 0.0624 e. The van der Waals surface area contributed by atoms with Gasteiger partial charge in [0.2, 0.25) is 0 Å². The lowest BCUT2D eigenvalue weighted by atomic mass is 10.00. The summed E-state index contributed by atoms with van der Waals surface area (Å²) in [6.07, 6.45) is 0.143. The molecule has 60 valence electrons. The molecule has 0 heterocycles. The Morgan fingerprint density at radius 1 is 1.60 bits per heavy atom. The van der Waals surface area contributed by atoms with E-state index in [2.05, 4.69) is 6.58 Å². The molecule has 2 N–H and O–H groups in total. The Hall–Kier alpha value is -0.340. The molecule has 0 saturated heterocycles. The summed E-state index contributed by atoms with van der Waals surface area (Å²) >= 11 is 0. The van der Waals surface area contributed by atoms with Gasteiger partial charge in [-0.2, -0.15) is 0 Å². The molecule has 0 aromatic carbocycles. The van der Waals surface area contributed by atoms with E-state index < -0.39 is 6.10 Å². The second kappa shape index (κ2) is 4.47. The lowest BCUT2D eigenvalue weighted by Gasteiger charge is -2.15. The minimum atomic E-state index is -0.442. The monoisotopic (exact) mass is 144 g/mol. The Morgan fingerprint density at radius 2 is 2.10 bits per heavy atom. The van der Waals surface area contributed by atoms with E-state index in [0.717, 1.165) is 5.57 Å². The molecule has 0 fully saturated rings. The highest BCUT2D eigenvalue weighted by atomic mass is 16.3. The lowest BCUT2D eigenvalue weighted by molar-refractivity contribution is 0.0776. The minimum absolute atomic E-state index is 0.0362. The van der Waals surface area contributed by atoms with Crippen LogP contribution in [-0.2, 0) is 0 Å². The SMILES string of the molecule is C=C(C)CC(O)C(C)CO. The normalized spacial score (nSPS) is 16.4. The zero-order valence-corrected chi connectivity index (χ0v) is 6.67. The molecule has 10 heavy (non-hydrogen) atoms. The van der Waals surface area contributed by atoms with E-state index >= 15 is 0 Å². The minimum Gasteiger partial charge on any atom is -0.396 e. The maximum atomic E-state index is 9.27. The molecule has 0 radical (unpaired) electrons. The summed E-state index contributed by atoms with van der Waals surface area (Å²) in [6.45, 7) is 7.39. The standard InChI is InChI=1S/C8H16O2/c1-6(2)4-8(10)7(3)5-9/h7-10H,1,4-5H2,2-3H3. The van der Waals surface area contributed by atoms with Crippen LogP contribution in [-0.4, -0.2) is 22.9 Å². The Balaban J connectivity index is 3.61. The van der Waals surface area contributed by atoms with Gasteiger partial charge >= 0.3 is 0 Å². The second-order valence-electron chi connectivity index (χ2n) is 2.89. The van der Waals surface area contributed by atoms with Gasteiger partial charge in [0.25, 0.3) is 0 Å². The quantitative estimate of drug-likeness (QED) is 0.576. The molecule has 0 aromatic heterocycles. The summed E-state index contributed by atoms with van der Waals surface area (Å²) in [6, 6.07) is 0. The van der Waals surface area contributed by atoms with Crippen LogP contribution in [0.5, 0.6) is 0 Å². The molecule has 2 atom stereocenters. The van der Waals surface area contributed by atoms with E-state index in [4.69, 9.17) is 5.11 Å². The average molecular weight is 144 g/mol. The number of hydrogen-bond donors (Lipinski definition) is 2. The van der Waals surface area contributed by atoms with Crippen molar-refractivity contribution in [1.82, 2.24) is 0 Å². The average Bonchev–Trinajstić information content (AvgIpc) is 1.85. The number of aliphatic hydroxyl groups is 2. The topological polar surface area (TPSA) is 40.5 Å². The molecule has 0 rings (SSSR count). The summed E-state index contributed by atoms with van der Waals surface area (Å²) < 4.78 is 0. The molecule has 2 nitrogen and oxygen atoms in total. The summed E-state index contributed by atoms with van der Waals surface area (Å²) in [5, 5.41) is 17.9. The fourth-order valence-corrected chi connectivity index (χ4v) is 0.680. The van der Waals surface area contributed by atoms with Gasteiger partial charge in [-0.1, -0.05) is 12.5 Å². The molecular formula is C8H16O2. The first-order chi connectivity index (χ1) is 4.57. The van der Waals surface area contributed by atoms with Gasteiger partial charge in [0.15, 0.2) is 0 Å². The molecule has 0 bridgehead atoms. The van der Waals surface area contributed by atoms with Gasteiger partial charge in [-0.25, -0.2) is 0 Å². The lowest BCUT2D eigenvalue weighted by Crippen LogP contribution is -2.20. The summed E-state index contributed by atoms with van der Waals surface area (Å²) in [7, 11) is 0. The van der Waals surface area contributed by atoms with Crippen LogP contribution in [0, 0.1) is 5.92 Å². The van der Waals surface area contributed by atoms with Crippen LogP contribution in [0.4, 0.5) is 0 Å². The molecule has 0 spiro atoms. The van der Waals surface area contributed by atoms with Crippen molar-refractivity contribution in [3.05, 3.63) is 12.2 Å². The zero-order chi connectivity index (χ0) is 8.15. The highest BCUT2D eigenvalue weighted by molar-refractivity contribution is 4.91. The third-order valence-corrected chi connectivity index (χ3v) is 1.50. The summed E-state index contributed by atoms with van der Waals surface area (Å²) in [4.78, 5) is 0. The Labute approximate surface area is 62.2 Å². The van der Waals surface area contributed by atoms with Gasteiger partial charge in [0.1, 0.15) is 0 Å². The van der Waals surface area contributed by atoms with E-state index in [0.29, 0.717) is 6.42 Å². The Bertz CT molecular complexity index is 110. The van der Waals surface area contributed by atoms with Gasteiger partial charge in [0.05, 0.1) is 6.10 Å². The molecule has 0 aliphatic carbocycles. The number of rotatable bonds is 4. The molecule has 0 saturated carbocycles. The molecular weight excluding hydrogens is 128 g/mol. The van der Waals surface area contributed by atoms with Crippen molar-refractivity contribution < 1.29 is 10.2 Å². The zero-order valence-electron chi connectivity index (χ0n) is 6.67. The van der Waals surface area contributed by atoms with Crippen molar-refractivity contribution in [2.75, 3.05) is 6.61 Å². The summed E-state index contributed by atoms with van der Waals surface area (Å²) in [5.74, 6) is -0.0447. The van der Waals surface area contributed by atoms with E-state index in [9.17, 15) is 5.11 Å². The van der Waals surface area contributed by atoms with Crippen molar-refractivity contribution in [2.24, 2.45) is 5.92 Å². The molecule has 0 aromatic rings. The van der Waals surface area contributed by atoms with Crippen LogP contribution in [0.25, 0.3) is 0 Å². The molecule has 2 unspecified atom stereocenters. The molecule has 0 amide bonds. The van der Waals surface area contributed by atoms with Crippen molar-refractivity contribution in [3.63, 3.8) is 0 Å². The first kappa shape index (κ1) is 9.66. The fraction of sp³-hybridized carbons (Fsp3) is 0.750. The fourth-order valence-electron chi connectivity index (χ4n) is 0.680. The van der Waals surface area contributed by atoms with Crippen LogP contribution in [0.15, 0.2) is 12.2 Å². The van der Waals surface area contributed by atoms with Crippen molar-refractivity contribution >= 4 is 0 Å². The number of hydrogen-bond acceptors (Lipinski definition) is 2. The van der Waals surface area contributed by atoms with Gasteiger partial charge < -0.3 is 10.2 Å². The van der Waals surface area contributed by atoms with Crippen LogP contribution in [0.1, 0.15) is 20.3 Å². The number of aliphatic hydroxyl groups excluding tert-OH is 2. The van der Waals surface area contributed by atoms with Crippen LogP contribution < -0.4 is 0 Å². The van der Waals surface area contributed by atoms with Crippen molar-refractivity contribution in [1.29, 1.82) is 0 Å². The highest BCUT2D eigenvalue weighted by Gasteiger charge is 2.12. The van der Waals surface area contributed by atoms with Gasteiger partial charge in [-0.15, -0.1) is 6.58 Å². The van der Waals surface area contributed by atoms with Crippen LogP contribution in [0.2, 0.25) is 0 Å². The largest absolute Gasteiger partial charge is 0.396 e. The first-order valence-electron chi connectivity index (χ1n) is 3.51. The van der Waals surface area contributed by atoms with E-state index in [1.807, 2.05) is 13.8 Å². The van der Waals surface area contributed by atoms with Gasteiger partial charge in [0, 0.05) is 12.5 Å². The Morgan fingerprint density at radius 3 is 2.40 bits per heavy atom. The van der Waals surface area contributed by atoms with Gasteiger partial charge in [-0.3, -0.25) is 0 Å². The second-order valence-corrected chi connectivity index (χ2v) is 2.89. The maximum Gasteiger partial charge on any atom is 0.0624 e. The Kier molecular flexibility index (Phi) is 4.32. The summed E-state index contributed by atoms with van der Waals surface area (Å²) in [5.41, 5.74) is 0.952. The van der Waals surface area contributed by atoms with E-state index in [-0.39, 0.29) is 12.5 Å². The van der Waals surface area contributed by atoms with Crippen molar-refractivity contribution in [2.45, 2.75) is 26.4 Å². The predicted octanol–water partition coefficient (Wildman–Crippen LogP) is 0.942. The molecule has 0 aliphatic heterocycles. The molecule has 2 heteroatoms. The van der Waals surface area contributed by atoms with Gasteiger partial charge in [-0.05, 0) is 13.3 Å². The third kappa shape index (κ3) is 3.64. The first-order valence-corrected chi connectivity index (χ1v) is 3.51. The van der Waals surface area contributed by atoms with E-state index in [1.165, 1.54) is 0 Å². The predicted molar refractivity (Wildman–Crippen MR) is 41.7 cm³/mol. The van der Waals surface area contributed by atoms with E-state index in [1.54, 1.807) is 0 Å². The molecule has 0 aliphatic rings. The highest BCUT2D eigenvalue weighted by Crippen LogP contribution is 2.10. The third-order valence-electron chi connectivity index (χ3n) is 1.50. The maximum absolute atomic E-state index is 9.27.